The summed E-state index contributed by atoms with van der Waals surface area (Å²) < 4.78 is 42.4. The van der Waals surface area contributed by atoms with Crippen molar-refractivity contribution in [2.45, 2.75) is 23.8 Å². The fraction of sp³-hybridized carbons (Fsp3) is 0.130. The van der Waals surface area contributed by atoms with E-state index in [1.54, 1.807) is 30.3 Å². The average Bonchev–Trinajstić information content (AvgIpc) is 2.79. The second-order valence-electron chi connectivity index (χ2n) is 7.34. The summed E-state index contributed by atoms with van der Waals surface area (Å²) in [5.74, 6) is -1.94. The van der Waals surface area contributed by atoms with Crippen molar-refractivity contribution < 1.29 is 22.4 Å². The van der Waals surface area contributed by atoms with Gasteiger partial charge in [-0.15, -0.1) is 0 Å². The fourth-order valence-corrected chi connectivity index (χ4v) is 5.41. The minimum absolute atomic E-state index is 0.0282. The quantitative estimate of drug-likeness (QED) is 0.619. The molecule has 1 heterocycles. The smallest absolute Gasteiger partial charge is 0.265 e. The second-order valence-corrected chi connectivity index (χ2v) is 9.16. The number of carbonyl (C=O) groups excluding carboxylic acids is 2. The van der Waals surface area contributed by atoms with E-state index in [1.165, 1.54) is 42.5 Å². The Morgan fingerprint density at radius 1 is 0.969 bits per heavy atom. The normalized spacial score (nSPS) is 15.7. The number of fused-ring (bicyclic) bond motifs is 1. The van der Waals surface area contributed by atoms with Gasteiger partial charge in [-0.25, -0.2) is 12.8 Å². The maximum atomic E-state index is 14.1. The highest BCUT2D eigenvalue weighted by Gasteiger charge is 2.40. The maximum Gasteiger partial charge on any atom is 0.265 e. The van der Waals surface area contributed by atoms with Crippen LogP contribution in [0.5, 0.6) is 0 Å². The van der Waals surface area contributed by atoms with E-state index >= 15 is 0 Å². The van der Waals surface area contributed by atoms with Crippen LogP contribution in [0.15, 0.2) is 77.7 Å². The average molecular weight is 453 g/mol. The number of amides is 2. The molecule has 4 rings (SSSR count). The van der Waals surface area contributed by atoms with E-state index in [2.05, 4.69) is 5.32 Å². The van der Waals surface area contributed by atoms with E-state index in [1.807, 2.05) is 0 Å². The first-order valence-electron chi connectivity index (χ1n) is 9.86. The Hall–Kier alpha value is -3.72. The van der Waals surface area contributed by atoms with Crippen molar-refractivity contribution in [3.05, 3.63) is 89.7 Å². The van der Waals surface area contributed by atoms with Crippen LogP contribution in [0.1, 0.15) is 22.3 Å². The van der Waals surface area contributed by atoms with E-state index < -0.39 is 33.7 Å². The third kappa shape index (κ3) is 3.94. The number of nitrogens with one attached hydrogen (secondary N) is 1. The summed E-state index contributed by atoms with van der Waals surface area (Å²) in [6, 6.07) is 16.7. The molecule has 1 aliphatic rings. The van der Waals surface area contributed by atoms with Crippen LogP contribution in [-0.4, -0.2) is 26.3 Å². The predicted octanol–water partition coefficient (Wildman–Crippen LogP) is 3.07. The molecule has 9 heteroatoms. The monoisotopic (exact) mass is 453 g/mol. The van der Waals surface area contributed by atoms with Crippen molar-refractivity contribution in [1.82, 2.24) is 0 Å². The Morgan fingerprint density at radius 3 is 2.31 bits per heavy atom. The number of benzene rings is 3. The summed E-state index contributed by atoms with van der Waals surface area (Å²) >= 11 is 0. The maximum absolute atomic E-state index is 14.1. The van der Waals surface area contributed by atoms with E-state index in [-0.39, 0.29) is 22.6 Å². The van der Waals surface area contributed by atoms with Crippen molar-refractivity contribution in [1.29, 1.82) is 0 Å². The van der Waals surface area contributed by atoms with Crippen molar-refractivity contribution >= 4 is 33.2 Å². The number of carbonyl (C=O) groups is 2. The Bertz CT molecular complexity index is 1290. The zero-order valence-electron chi connectivity index (χ0n) is 16.9. The van der Waals surface area contributed by atoms with Gasteiger partial charge in [0.2, 0.25) is 11.8 Å². The molecule has 1 unspecified atom stereocenters. The molecule has 0 saturated heterocycles. The van der Waals surface area contributed by atoms with Crippen LogP contribution in [0.25, 0.3) is 0 Å². The molecule has 32 heavy (non-hydrogen) atoms. The Kier molecular flexibility index (Phi) is 5.67. The molecule has 0 aliphatic carbocycles. The fourth-order valence-electron chi connectivity index (χ4n) is 3.73. The molecular weight excluding hydrogens is 433 g/mol. The van der Waals surface area contributed by atoms with Gasteiger partial charge in [0, 0.05) is 5.56 Å². The van der Waals surface area contributed by atoms with Gasteiger partial charge in [0.1, 0.15) is 11.9 Å². The third-order valence-electron chi connectivity index (χ3n) is 5.33. The molecule has 0 spiro atoms. The van der Waals surface area contributed by atoms with Crippen molar-refractivity contribution in [2.24, 2.45) is 5.73 Å². The molecule has 2 amide bonds. The molecule has 7 nitrogen and oxygen atoms in total. The van der Waals surface area contributed by atoms with Crippen molar-refractivity contribution in [3.63, 3.8) is 0 Å². The van der Waals surface area contributed by atoms with Gasteiger partial charge >= 0.3 is 0 Å². The molecule has 3 N–H and O–H groups in total. The summed E-state index contributed by atoms with van der Waals surface area (Å²) in [7, 11) is -4.19. The molecule has 0 fully saturated rings. The summed E-state index contributed by atoms with van der Waals surface area (Å²) in [6.07, 6.45) is 0.702. The van der Waals surface area contributed by atoms with Gasteiger partial charge in [-0.3, -0.25) is 13.9 Å². The number of anilines is 2. The second kappa shape index (κ2) is 8.43. The van der Waals surface area contributed by atoms with Crippen LogP contribution in [0.3, 0.4) is 0 Å². The first-order chi connectivity index (χ1) is 15.3. The van der Waals surface area contributed by atoms with E-state index in [4.69, 9.17) is 5.73 Å². The molecule has 3 aromatic rings. The molecule has 0 bridgehead atoms. The number of hydrogen-bond acceptors (Lipinski definition) is 4. The van der Waals surface area contributed by atoms with E-state index in [0.29, 0.717) is 12.1 Å². The Labute approximate surface area is 184 Å². The topological polar surface area (TPSA) is 110 Å². The number of nitrogens with zero attached hydrogens (tertiary/aromatic N) is 1. The Morgan fingerprint density at radius 2 is 1.62 bits per heavy atom. The summed E-state index contributed by atoms with van der Waals surface area (Å²) in [5, 5.41) is 2.51. The highest BCUT2D eigenvalue weighted by Crippen LogP contribution is 2.36. The number of rotatable bonds is 5. The Balaban J connectivity index is 1.76. The zero-order valence-corrected chi connectivity index (χ0v) is 17.7. The van der Waals surface area contributed by atoms with Gasteiger partial charge in [0.25, 0.3) is 10.0 Å². The molecule has 0 radical (unpaired) electrons. The lowest BCUT2D eigenvalue weighted by molar-refractivity contribution is -0.117. The lowest BCUT2D eigenvalue weighted by atomic mass is 9.97. The number of sulfonamides is 1. The van der Waals surface area contributed by atoms with Crippen LogP contribution in [-0.2, 0) is 21.2 Å². The van der Waals surface area contributed by atoms with E-state index in [0.717, 1.165) is 9.87 Å². The first-order valence-corrected chi connectivity index (χ1v) is 11.3. The number of aryl methyl sites for hydroxylation is 1. The van der Waals surface area contributed by atoms with Gasteiger partial charge < -0.3 is 11.1 Å². The largest absolute Gasteiger partial charge is 0.366 e. The van der Waals surface area contributed by atoms with Gasteiger partial charge in [-0.2, -0.15) is 0 Å². The minimum atomic E-state index is -4.19. The first kappa shape index (κ1) is 21.5. The molecule has 3 aromatic carbocycles. The van der Waals surface area contributed by atoms with E-state index in [9.17, 15) is 22.4 Å². The predicted molar refractivity (Wildman–Crippen MR) is 118 cm³/mol. The molecule has 0 saturated carbocycles. The number of para-hydroxylation sites is 2. The van der Waals surface area contributed by atoms with Crippen LogP contribution >= 0.6 is 0 Å². The van der Waals surface area contributed by atoms with Crippen LogP contribution in [0, 0.1) is 5.82 Å². The summed E-state index contributed by atoms with van der Waals surface area (Å²) in [6.45, 7) is 0. The highest BCUT2D eigenvalue weighted by atomic mass is 32.2. The standard InChI is InChI=1S/C23H20FN3O4S/c24-18-6-2-3-7-19(18)26-23(29)21-14-11-15-5-1-4-8-20(15)27(21)32(30,31)17-12-9-16(10-13-17)22(25)28/h1-10,12-13,21H,11,14H2,(H2,25,28)(H,26,29). The third-order valence-corrected chi connectivity index (χ3v) is 7.17. The molecular formula is C23H20FN3O4S. The van der Waals surface area contributed by atoms with Crippen LogP contribution in [0.2, 0.25) is 0 Å². The molecule has 164 valence electrons. The number of primary amides is 1. The van der Waals surface area contributed by atoms with Crippen molar-refractivity contribution in [3.8, 4) is 0 Å². The van der Waals surface area contributed by atoms with Crippen LogP contribution in [0.4, 0.5) is 15.8 Å². The minimum Gasteiger partial charge on any atom is -0.366 e. The lowest BCUT2D eigenvalue weighted by Crippen LogP contribution is -2.50. The van der Waals surface area contributed by atoms with Crippen molar-refractivity contribution in [2.75, 3.05) is 9.62 Å². The van der Waals surface area contributed by atoms with Gasteiger partial charge in [-0.05, 0) is 60.9 Å². The number of halogens is 1. The van der Waals surface area contributed by atoms with Crippen LogP contribution < -0.4 is 15.4 Å². The SMILES string of the molecule is NC(=O)c1ccc(S(=O)(=O)N2c3ccccc3CCC2C(=O)Nc2ccccc2F)cc1. The lowest BCUT2D eigenvalue weighted by Gasteiger charge is -2.36. The summed E-state index contributed by atoms with van der Waals surface area (Å²) in [5.41, 5.74) is 6.54. The number of hydrogen-bond donors (Lipinski definition) is 2. The highest BCUT2D eigenvalue weighted by molar-refractivity contribution is 7.93. The molecule has 1 aliphatic heterocycles. The summed E-state index contributed by atoms with van der Waals surface area (Å²) in [4.78, 5) is 24.4. The molecule has 0 aromatic heterocycles. The van der Waals surface area contributed by atoms with Gasteiger partial charge in [0.05, 0.1) is 16.3 Å². The van der Waals surface area contributed by atoms with Gasteiger partial charge in [-0.1, -0.05) is 30.3 Å². The van der Waals surface area contributed by atoms with Gasteiger partial charge in [0.15, 0.2) is 0 Å². The molecule has 1 atom stereocenters. The zero-order chi connectivity index (χ0) is 22.9. The number of nitrogens with two attached hydrogens (primary N) is 1.